The van der Waals surface area contributed by atoms with E-state index in [9.17, 15) is 14.7 Å². The highest BCUT2D eigenvalue weighted by molar-refractivity contribution is 5.82. The quantitative estimate of drug-likeness (QED) is 0.636. The first-order valence-electron chi connectivity index (χ1n) is 7.62. The number of aryl methyl sites for hydroxylation is 1. The van der Waals surface area contributed by atoms with Crippen LogP contribution in [0.1, 0.15) is 17.5 Å². The lowest BCUT2D eigenvalue weighted by Gasteiger charge is -2.10. The van der Waals surface area contributed by atoms with Gasteiger partial charge in [-0.15, -0.1) is 0 Å². The topological polar surface area (TPSA) is 109 Å². The highest BCUT2D eigenvalue weighted by Crippen LogP contribution is 2.24. The summed E-state index contributed by atoms with van der Waals surface area (Å²) in [6, 6.07) is 5.24. The molecular formula is C17H21NO6. The summed E-state index contributed by atoms with van der Waals surface area (Å²) in [5, 5.41) is 21.2. The van der Waals surface area contributed by atoms with Gasteiger partial charge in [-0.05, 0) is 31.0 Å². The number of ether oxygens (including phenoxy) is 1. The summed E-state index contributed by atoms with van der Waals surface area (Å²) < 4.78 is 10.4. The van der Waals surface area contributed by atoms with E-state index in [1.54, 1.807) is 12.1 Å². The molecule has 1 aromatic heterocycles. The second-order valence-electron chi connectivity index (χ2n) is 5.50. The predicted octanol–water partition coefficient (Wildman–Crippen LogP) is 0.512. The lowest BCUT2D eigenvalue weighted by molar-refractivity contribution is -0.121. The molecule has 7 nitrogen and oxygen atoms in total. The molecule has 0 aliphatic heterocycles. The van der Waals surface area contributed by atoms with Gasteiger partial charge in [-0.1, -0.05) is 0 Å². The molecule has 130 valence electrons. The maximum Gasteiger partial charge on any atom is 0.339 e. The first-order valence-corrected chi connectivity index (χ1v) is 7.62. The van der Waals surface area contributed by atoms with E-state index in [0.29, 0.717) is 16.9 Å². The Balaban J connectivity index is 2.15. The smallest absolute Gasteiger partial charge is 0.339 e. The summed E-state index contributed by atoms with van der Waals surface area (Å²) in [6.07, 6.45) is -0.667. The van der Waals surface area contributed by atoms with Gasteiger partial charge in [-0.25, -0.2) is 4.79 Å². The molecule has 0 spiro atoms. The number of benzene rings is 1. The van der Waals surface area contributed by atoms with Gasteiger partial charge in [0.2, 0.25) is 5.91 Å². The number of aliphatic hydroxyl groups excluding tert-OH is 2. The fraction of sp³-hybridized carbons (Fsp3) is 0.412. The molecule has 0 bridgehead atoms. The largest absolute Gasteiger partial charge is 0.497 e. The van der Waals surface area contributed by atoms with Gasteiger partial charge in [0.15, 0.2) is 0 Å². The van der Waals surface area contributed by atoms with E-state index in [1.165, 1.54) is 7.11 Å². The van der Waals surface area contributed by atoms with E-state index in [4.69, 9.17) is 14.3 Å². The third-order valence-electron chi connectivity index (χ3n) is 3.84. The Morgan fingerprint density at radius 1 is 1.42 bits per heavy atom. The third kappa shape index (κ3) is 4.12. The van der Waals surface area contributed by atoms with Crippen LogP contribution in [-0.2, 0) is 11.2 Å². The first-order chi connectivity index (χ1) is 11.5. The normalized spacial score (nSPS) is 12.2. The molecule has 2 aromatic rings. The number of aliphatic hydroxyl groups is 2. The van der Waals surface area contributed by atoms with Crippen molar-refractivity contribution in [1.82, 2.24) is 5.32 Å². The predicted molar refractivity (Wildman–Crippen MR) is 88.2 cm³/mol. The molecule has 1 atom stereocenters. The van der Waals surface area contributed by atoms with Gasteiger partial charge < -0.3 is 24.7 Å². The van der Waals surface area contributed by atoms with Gasteiger partial charge in [-0.3, -0.25) is 4.79 Å². The number of carbonyl (C=O) groups is 1. The monoisotopic (exact) mass is 335 g/mol. The number of hydrogen-bond donors (Lipinski definition) is 3. The summed E-state index contributed by atoms with van der Waals surface area (Å²) >= 11 is 0. The number of rotatable bonds is 7. The van der Waals surface area contributed by atoms with Gasteiger partial charge in [0, 0.05) is 30.0 Å². The number of hydrogen-bond acceptors (Lipinski definition) is 6. The summed E-state index contributed by atoms with van der Waals surface area (Å²) in [5.41, 5.74) is 1.19. The molecule has 1 aromatic carbocycles. The summed E-state index contributed by atoms with van der Waals surface area (Å²) in [4.78, 5) is 23.9. The number of carbonyl (C=O) groups excluding carboxylic acids is 1. The molecule has 0 radical (unpaired) electrons. The van der Waals surface area contributed by atoms with Crippen LogP contribution in [0.5, 0.6) is 5.75 Å². The Morgan fingerprint density at radius 3 is 2.83 bits per heavy atom. The third-order valence-corrected chi connectivity index (χ3v) is 3.84. The van der Waals surface area contributed by atoms with E-state index in [1.807, 2.05) is 13.0 Å². The maximum absolute atomic E-state index is 12.2. The molecule has 0 aliphatic rings. The Kier molecular flexibility index (Phi) is 5.94. The van der Waals surface area contributed by atoms with Gasteiger partial charge in [-0.2, -0.15) is 0 Å². The van der Waals surface area contributed by atoms with Gasteiger partial charge >= 0.3 is 5.63 Å². The lowest BCUT2D eigenvalue weighted by atomic mass is 10.0. The summed E-state index contributed by atoms with van der Waals surface area (Å²) in [6.45, 7) is 1.37. The minimum absolute atomic E-state index is 0.0273. The van der Waals surface area contributed by atoms with Crippen molar-refractivity contribution in [2.24, 2.45) is 0 Å². The molecule has 0 saturated heterocycles. The Bertz CT molecular complexity index is 782. The van der Waals surface area contributed by atoms with Crippen LogP contribution in [0.25, 0.3) is 11.0 Å². The van der Waals surface area contributed by atoms with E-state index < -0.39 is 18.3 Å². The molecule has 1 amide bonds. The molecule has 0 aliphatic carbocycles. The highest BCUT2D eigenvalue weighted by Gasteiger charge is 2.14. The molecule has 24 heavy (non-hydrogen) atoms. The van der Waals surface area contributed by atoms with Crippen molar-refractivity contribution < 1.29 is 24.2 Å². The molecule has 0 saturated carbocycles. The van der Waals surface area contributed by atoms with Crippen molar-refractivity contribution in [3.05, 3.63) is 39.7 Å². The van der Waals surface area contributed by atoms with Gasteiger partial charge in [0.05, 0.1) is 19.8 Å². The van der Waals surface area contributed by atoms with Crippen LogP contribution < -0.4 is 15.7 Å². The fourth-order valence-electron chi connectivity index (χ4n) is 2.41. The van der Waals surface area contributed by atoms with E-state index in [0.717, 1.165) is 10.9 Å². The molecular weight excluding hydrogens is 314 g/mol. The second kappa shape index (κ2) is 7.94. The average Bonchev–Trinajstić information content (AvgIpc) is 2.58. The highest BCUT2D eigenvalue weighted by atomic mass is 16.5. The molecule has 1 heterocycles. The fourth-order valence-corrected chi connectivity index (χ4v) is 2.41. The van der Waals surface area contributed by atoms with Crippen LogP contribution in [-0.4, -0.2) is 42.5 Å². The number of nitrogens with one attached hydrogen (secondary N) is 1. The van der Waals surface area contributed by atoms with Crippen LogP contribution in [0, 0.1) is 6.92 Å². The minimum Gasteiger partial charge on any atom is -0.497 e. The van der Waals surface area contributed by atoms with Crippen LogP contribution in [0.4, 0.5) is 0 Å². The maximum atomic E-state index is 12.2. The summed E-state index contributed by atoms with van der Waals surface area (Å²) in [7, 11) is 1.53. The van der Waals surface area contributed by atoms with E-state index in [2.05, 4.69) is 5.32 Å². The van der Waals surface area contributed by atoms with Crippen molar-refractivity contribution in [3.8, 4) is 5.75 Å². The summed E-state index contributed by atoms with van der Waals surface area (Å²) in [5.74, 6) is 0.288. The van der Waals surface area contributed by atoms with Crippen LogP contribution in [0.2, 0.25) is 0 Å². The van der Waals surface area contributed by atoms with Crippen LogP contribution >= 0.6 is 0 Å². The van der Waals surface area contributed by atoms with Crippen LogP contribution in [0.15, 0.2) is 27.4 Å². The van der Waals surface area contributed by atoms with Crippen molar-refractivity contribution in [2.45, 2.75) is 25.9 Å². The first kappa shape index (κ1) is 18.0. The second-order valence-corrected chi connectivity index (χ2v) is 5.50. The molecule has 3 N–H and O–H groups in total. The number of fused-ring (bicyclic) bond motifs is 1. The number of amides is 1. The zero-order valence-corrected chi connectivity index (χ0v) is 13.7. The standard InChI is InChI=1S/C17H21NO6/c1-10-13-4-3-12(23-2)7-15(13)24-17(22)14(10)5-6-16(21)18-8-11(20)9-19/h3-4,7,11,19-20H,5-6,8-9H2,1-2H3,(H,18,21). The lowest BCUT2D eigenvalue weighted by Crippen LogP contribution is -2.34. The average molecular weight is 335 g/mol. The van der Waals surface area contributed by atoms with E-state index >= 15 is 0 Å². The molecule has 0 fully saturated rings. The van der Waals surface area contributed by atoms with Crippen molar-refractivity contribution in [3.63, 3.8) is 0 Å². The zero-order valence-electron chi connectivity index (χ0n) is 13.7. The van der Waals surface area contributed by atoms with Gasteiger partial charge in [0.25, 0.3) is 0 Å². The van der Waals surface area contributed by atoms with Crippen LogP contribution in [0.3, 0.4) is 0 Å². The Morgan fingerprint density at radius 2 is 2.17 bits per heavy atom. The van der Waals surface area contributed by atoms with Crippen molar-refractivity contribution >= 4 is 16.9 Å². The zero-order chi connectivity index (χ0) is 17.7. The number of methoxy groups -OCH3 is 1. The SMILES string of the molecule is COc1ccc2c(C)c(CCC(=O)NCC(O)CO)c(=O)oc2c1. The minimum atomic E-state index is -0.989. The molecule has 2 rings (SSSR count). The van der Waals surface area contributed by atoms with Crippen molar-refractivity contribution in [1.29, 1.82) is 0 Å². The molecule has 7 heteroatoms. The molecule has 1 unspecified atom stereocenters. The van der Waals surface area contributed by atoms with E-state index in [-0.39, 0.29) is 25.3 Å². The van der Waals surface area contributed by atoms with Gasteiger partial charge in [0.1, 0.15) is 11.3 Å². The Labute approximate surface area is 138 Å². The van der Waals surface area contributed by atoms with Crippen molar-refractivity contribution in [2.75, 3.05) is 20.3 Å². The Hall–Kier alpha value is -2.38.